The summed E-state index contributed by atoms with van der Waals surface area (Å²) in [6, 6.07) is 0. The SMILES string of the molecule is CCCN(CC(=O)NC)C(=O)C(C)(C)CN. The summed E-state index contributed by atoms with van der Waals surface area (Å²) in [4.78, 5) is 24.9. The third kappa shape index (κ3) is 4.18. The topological polar surface area (TPSA) is 75.4 Å². The summed E-state index contributed by atoms with van der Waals surface area (Å²) in [5.74, 6) is -0.227. The minimum atomic E-state index is -0.608. The monoisotopic (exact) mass is 229 g/mol. The molecule has 0 atom stereocenters. The number of hydrogen-bond acceptors (Lipinski definition) is 3. The van der Waals surface area contributed by atoms with E-state index in [4.69, 9.17) is 5.73 Å². The molecule has 0 aromatic heterocycles. The number of nitrogens with one attached hydrogen (secondary N) is 1. The quantitative estimate of drug-likeness (QED) is 0.671. The second kappa shape index (κ2) is 6.48. The van der Waals surface area contributed by atoms with Crippen molar-refractivity contribution in [2.45, 2.75) is 27.2 Å². The maximum Gasteiger partial charge on any atom is 0.239 e. The lowest BCUT2D eigenvalue weighted by atomic mass is 9.91. The highest BCUT2D eigenvalue weighted by Crippen LogP contribution is 2.17. The van der Waals surface area contributed by atoms with Crippen LogP contribution >= 0.6 is 0 Å². The smallest absolute Gasteiger partial charge is 0.239 e. The normalized spacial score (nSPS) is 11.1. The average molecular weight is 229 g/mol. The van der Waals surface area contributed by atoms with Gasteiger partial charge in [0.1, 0.15) is 0 Å². The van der Waals surface area contributed by atoms with Crippen LogP contribution in [-0.4, -0.2) is 43.4 Å². The van der Waals surface area contributed by atoms with Crippen molar-refractivity contribution < 1.29 is 9.59 Å². The molecular formula is C11H23N3O2. The molecule has 0 aliphatic heterocycles. The molecule has 3 N–H and O–H groups in total. The van der Waals surface area contributed by atoms with E-state index in [1.807, 2.05) is 6.92 Å². The van der Waals surface area contributed by atoms with Crippen molar-refractivity contribution in [3.05, 3.63) is 0 Å². The van der Waals surface area contributed by atoms with E-state index in [1.165, 1.54) is 0 Å². The van der Waals surface area contributed by atoms with Crippen LogP contribution in [0.25, 0.3) is 0 Å². The van der Waals surface area contributed by atoms with Crippen molar-refractivity contribution in [3.8, 4) is 0 Å². The molecule has 0 aromatic carbocycles. The Labute approximate surface area is 97.4 Å². The maximum atomic E-state index is 12.1. The van der Waals surface area contributed by atoms with Crippen LogP contribution in [0.5, 0.6) is 0 Å². The minimum Gasteiger partial charge on any atom is -0.358 e. The van der Waals surface area contributed by atoms with Crippen LogP contribution < -0.4 is 11.1 Å². The number of rotatable bonds is 6. The van der Waals surface area contributed by atoms with Crippen molar-refractivity contribution >= 4 is 11.8 Å². The van der Waals surface area contributed by atoms with Gasteiger partial charge in [0.15, 0.2) is 0 Å². The van der Waals surface area contributed by atoms with Crippen LogP contribution in [0.4, 0.5) is 0 Å². The third-order valence-electron chi connectivity index (χ3n) is 2.48. The average Bonchev–Trinajstić information content (AvgIpc) is 2.27. The van der Waals surface area contributed by atoms with E-state index in [1.54, 1.807) is 25.8 Å². The molecule has 0 fully saturated rings. The van der Waals surface area contributed by atoms with Crippen molar-refractivity contribution in [2.24, 2.45) is 11.1 Å². The molecule has 0 saturated carbocycles. The molecule has 0 unspecified atom stereocenters. The van der Waals surface area contributed by atoms with E-state index in [0.29, 0.717) is 6.54 Å². The van der Waals surface area contributed by atoms with Gasteiger partial charge in [-0.15, -0.1) is 0 Å². The summed E-state index contributed by atoms with van der Waals surface area (Å²) in [6.07, 6.45) is 0.823. The zero-order valence-electron chi connectivity index (χ0n) is 10.7. The molecule has 0 bridgehead atoms. The molecule has 0 saturated heterocycles. The summed E-state index contributed by atoms with van der Waals surface area (Å²) in [5, 5.41) is 2.51. The van der Waals surface area contributed by atoms with Gasteiger partial charge in [-0.05, 0) is 20.3 Å². The van der Waals surface area contributed by atoms with Crippen LogP contribution in [0.3, 0.4) is 0 Å². The van der Waals surface area contributed by atoms with Gasteiger partial charge in [0.2, 0.25) is 11.8 Å². The largest absolute Gasteiger partial charge is 0.358 e. The fraction of sp³-hybridized carbons (Fsp3) is 0.818. The van der Waals surface area contributed by atoms with E-state index in [-0.39, 0.29) is 24.9 Å². The Balaban J connectivity index is 4.64. The van der Waals surface area contributed by atoms with Gasteiger partial charge in [-0.2, -0.15) is 0 Å². The third-order valence-corrected chi connectivity index (χ3v) is 2.48. The first-order chi connectivity index (χ1) is 7.38. The van der Waals surface area contributed by atoms with Crippen LogP contribution in [0.1, 0.15) is 27.2 Å². The van der Waals surface area contributed by atoms with E-state index in [9.17, 15) is 9.59 Å². The molecule has 0 spiro atoms. The Bertz CT molecular complexity index is 252. The van der Waals surface area contributed by atoms with Crippen LogP contribution in [0, 0.1) is 5.41 Å². The molecular weight excluding hydrogens is 206 g/mol. The Morgan fingerprint density at radius 2 is 1.94 bits per heavy atom. The van der Waals surface area contributed by atoms with Gasteiger partial charge < -0.3 is 16.0 Å². The van der Waals surface area contributed by atoms with Gasteiger partial charge in [-0.1, -0.05) is 6.92 Å². The Kier molecular flexibility index (Phi) is 6.03. The molecule has 0 aromatic rings. The second-order valence-electron chi connectivity index (χ2n) is 4.49. The number of carbonyl (C=O) groups excluding carboxylic acids is 2. The van der Waals surface area contributed by atoms with E-state index in [2.05, 4.69) is 5.32 Å². The van der Waals surface area contributed by atoms with Gasteiger partial charge in [0, 0.05) is 20.1 Å². The summed E-state index contributed by atoms with van der Waals surface area (Å²) < 4.78 is 0. The van der Waals surface area contributed by atoms with Crippen LogP contribution in [0.2, 0.25) is 0 Å². The highest BCUT2D eigenvalue weighted by Gasteiger charge is 2.30. The Hall–Kier alpha value is -1.10. The van der Waals surface area contributed by atoms with Gasteiger partial charge in [0.05, 0.1) is 12.0 Å². The summed E-state index contributed by atoms with van der Waals surface area (Å²) in [7, 11) is 1.56. The molecule has 0 rings (SSSR count). The van der Waals surface area contributed by atoms with Crippen molar-refractivity contribution in [3.63, 3.8) is 0 Å². The molecule has 0 aliphatic rings. The molecule has 16 heavy (non-hydrogen) atoms. The molecule has 0 aliphatic carbocycles. The predicted molar refractivity (Wildman–Crippen MR) is 63.8 cm³/mol. The summed E-state index contributed by atoms with van der Waals surface area (Å²) in [5.41, 5.74) is 4.95. The molecule has 0 radical (unpaired) electrons. The number of hydrogen-bond donors (Lipinski definition) is 2. The minimum absolute atomic E-state index is 0.0690. The first-order valence-electron chi connectivity index (χ1n) is 5.59. The van der Waals surface area contributed by atoms with E-state index < -0.39 is 5.41 Å². The van der Waals surface area contributed by atoms with Crippen molar-refractivity contribution in [2.75, 3.05) is 26.7 Å². The van der Waals surface area contributed by atoms with E-state index in [0.717, 1.165) is 6.42 Å². The van der Waals surface area contributed by atoms with Gasteiger partial charge in [0.25, 0.3) is 0 Å². The fourth-order valence-electron chi connectivity index (χ4n) is 1.29. The van der Waals surface area contributed by atoms with Gasteiger partial charge in [-0.25, -0.2) is 0 Å². The Morgan fingerprint density at radius 3 is 2.31 bits per heavy atom. The molecule has 0 heterocycles. The van der Waals surface area contributed by atoms with Gasteiger partial charge >= 0.3 is 0 Å². The highest BCUT2D eigenvalue weighted by molar-refractivity contribution is 5.87. The zero-order valence-corrected chi connectivity index (χ0v) is 10.7. The lowest BCUT2D eigenvalue weighted by Gasteiger charge is -2.30. The fourth-order valence-corrected chi connectivity index (χ4v) is 1.29. The van der Waals surface area contributed by atoms with Crippen molar-refractivity contribution in [1.29, 1.82) is 0 Å². The summed E-state index contributed by atoms with van der Waals surface area (Å²) in [6.45, 7) is 6.52. The number of amides is 2. The lowest BCUT2D eigenvalue weighted by Crippen LogP contribution is -2.48. The number of nitrogens with two attached hydrogens (primary N) is 1. The molecule has 2 amide bonds. The first-order valence-corrected chi connectivity index (χ1v) is 5.59. The molecule has 94 valence electrons. The van der Waals surface area contributed by atoms with Crippen molar-refractivity contribution in [1.82, 2.24) is 10.2 Å². The second-order valence-corrected chi connectivity index (χ2v) is 4.49. The highest BCUT2D eigenvalue weighted by atomic mass is 16.2. The number of likely N-dealkylation sites (N-methyl/N-ethyl adjacent to an activating group) is 1. The number of nitrogens with zero attached hydrogens (tertiary/aromatic N) is 1. The zero-order chi connectivity index (χ0) is 12.8. The molecule has 5 heteroatoms. The van der Waals surface area contributed by atoms with Crippen LogP contribution in [-0.2, 0) is 9.59 Å². The van der Waals surface area contributed by atoms with Crippen LogP contribution in [0.15, 0.2) is 0 Å². The Morgan fingerprint density at radius 1 is 1.38 bits per heavy atom. The summed E-state index contributed by atoms with van der Waals surface area (Å²) >= 11 is 0. The van der Waals surface area contributed by atoms with E-state index >= 15 is 0 Å². The lowest BCUT2D eigenvalue weighted by molar-refractivity contribution is -0.143. The van der Waals surface area contributed by atoms with Gasteiger partial charge in [-0.3, -0.25) is 9.59 Å². The predicted octanol–water partition coefficient (Wildman–Crippen LogP) is -0.0441. The standard InChI is InChI=1S/C11H23N3O2/c1-5-6-14(7-9(15)13-4)10(16)11(2,3)8-12/h5-8,12H2,1-4H3,(H,13,15). The first kappa shape index (κ1) is 14.9. The maximum absolute atomic E-state index is 12.1. The molecule has 5 nitrogen and oxygen atoms in total. The number of carbonyl (C=O) groups is 2.